The van der Waals surface area contributed by atoms with Gasteiger partial charge in [-0.05, 0) is 36.8 Å². The second-order valence-corrected chi connectivity index (χ2v) is 9.19. The zero-order chi connectivity index (χ0) is 27.6. The number of ether oxygens (including phenoxy) is 1. The zero-order valence-corrected chi connectivity index (χ0v) is 21.8. The van der Waals surface area contributed by atoms with Gasteiger partial charge in [-0.2, -0.15) is 0 Å². The van der Waals surface area contributed by atoms with E-state index in [0.717, 1.165) is 0 Å². The van der Waals surface area contributed by atoms with Crippen LogP contribution >= 0.6 is 23.2 Å². The van der Waals surface area contributed by atoms with Crippen LogP contribution in [0, 0.1) is 10.1 Å². The fourth-order valence-corrected chi connectivity index (χ4v) is 4.57. The van der Waals surface area contributed by atoms with Crippen molar-refractivity contribution in [1.29, 1.82) is 0 Å². The lowest BCUT2D eigenvalue weighted by atomic mass is 10.0. The van der Waals surface area contributed by atoms with Gasteiger partial charge in [0.15, 0.2) is 5.75 Å². The Bertz CT molecular complexity index is 1640. The van der Waals surface area contributed by atoms with Crippen molar-refractivity contribution in [2.75, 3.05) is 5.32 Å². The van der Waals surface area contributed by atoms with Gasteiger partial charge in [-0.3, -0.25) is 24.5 Å². The van der Waals surface area contributed by atoms with Gasteiger partial charge in [0.1, 0.15) is 0 Å². The predicted molar refractivity (Wildman–Crippen MR) is 146 cm³/mol. The van der Waals surface area contributed by atoms with Gasteiger partial charge in [0.2, 0.25) is 0 Å². The van der Waals surface area contributed by atoms with Crippen LogP contribution < -0.4 is 15.6 Å². The number of rotatable bonds is 7. The van der Waals surface area contributed by atoms with Gasteiger partial charge in [0, 0.05) is 36.6 Å². The number of aromatic nitrogens is 1. The predicted octanol–water partition coefficient (Wildman–Crippen LogP) is 6.38. The van der Waals surface area contributed by atoms with E-state index in [1.54, 1.807) is 25.1 Å². The molecule has 0 spiro atoms. The van der Waals surface area contributed by atoms with Crippen LogP contribution in [-0.2, 0) is 11.8 Å². The number of para-hydroxylation sites is 1. The highest BCUT2D eigenvalue weighted by molar-refractivity contribution is 6.40. The minimum atomic E-state index is -0.646. The third-order valence-corrected chi connectivity index (χ3v) is 6.46. The average Bonchev–Trinajstić information content (AvgIpc) is 2.87. The number of carbonyl (C=O) groups is 2. The Morgan fingerprint density at radius 3 is 2.37 bits per heavy atom. The van der Waals surface area contributed by atoms with Gasteiger partial charge in [0.25, 0.3) is 17.2 Å². The Labute approximate surface area is 226 Å². The van der Waals surface area contributed by atoms with E-state index < -0.39 is 22.4 Å². The first kappa shape index (κ1) is 26.8. The number of aryl methyl sites for hydroxylation is 1. The molecule has 0 atom stereocenters. The Balaban J connectivity index is 1.91. The van der Waals surface area contributed by atoms with E-state index in [1.807, 2.05) is 0 Å². The van der Waals surface area contributed by atoms with Crippen LogP contribution in [0.4, 0.5) is 11.4 Å². The molecule has 0 radical (unpaired) electrons. The number of anilines is 1. The maximum atomic E-state index is 13.4. The molecular weight excluding hydrogens is 533 g/mol. The summed E-state index contributed by atoms with van der Waals surface area (Å²) in [5, 5.41) is 14.7. The number of nitrogens with zero attached hydrogens (tertiary/aromatic N) is 2. The first-order chi connectivity index (χ1) is 18.1. The lowest BCUT2D eigenvalue weighted by Crippen LogP contribution is -2.20. The number of hydrogen-bond donors (Lipinski definition) is 1. The lowest BCUT2D eigenvalue weighted by molar-refractivity contribution is -0.384. The Hall–Kier alpha value is -4.21. The van der Waals surface area contributed by atoms with Crippen LogP contribution in [0.3, 0.4) is 0 Å². The summed E-state index contributed by atoms with van der Waals surface area (Å²) in [5.41, 5.74) is 0.367. The van der Waals surface area contributed by atoms with E-state index in [0.29, 0.717) is 17.3 Å². The monoisotopic (exact) mass is 553 g/mol. The average molecular weight is 554 g/mol. The quantitative estimate of drug-likeness (QED) is 0.123. The van der Waals surface area contributed by atoms with E-state index in [2.05, 4.69) is 5.32 Å². The minimum Gasteiger partial charge on any atom is -0.424 e. The van der Waals surface area contributed by atoms with Crippen LogP contribution in [-0.4, -0.2) is 21.4 Å². The van der Waals surface area contributed by atoms with Gasteiger partial charge in [-0.1, -0.05) is 48.3 Å². The van der Waals surface area contributed by atoms with Crippen LogP contribution in [0.2, 0.25) is 10.0 Å². The molecule has 1 N–H and O–H groups in total. The van der Waals surface area contributed by atoms with Gasteiger partial charge >= 0.3 is 5.97 Å². The van der Waals surface area contributed by atoms with Crippen molar-refractivity contribution in [2.24, 2.45) is 7.05 Å². The summed E-state index contributed by atoms with van der Waals surface area (Å²) in [4.78, 5) is 49.8. The highest BCUT2D eigenvalue weighted by atomic mass is 35.5. The van der Waals surface area contributed by atoms with E-state index in [4.69, 9.17) is 27.9 Å². The lowest BCUT2D eigenvalue weighted by Gasteiger charge is -2.17. The molecule has 4 rings (SSSR count). The number of nitro groups is 1. The summed E-state index contributed by atoms with van der Waals surface area (Å²) < 4.78 is 7.01. The topological polar surface area (TPSA) is 121 Å². The molecule has 1 heterocycles. The molecule has 11 heteroatoms. The summed E-state index contributed by atoms with van der Waals surface area (Å²) in [6, 6.07) is 14.9. The number of esters is 1. The van der Waals surface area contributed by atoms with Gasteiger partial charge in [-0.15, -0.1) is 0 Å². The van der Waals surface area contributed by atoms with Crippen LogP contribution in [0.5, 0.6) is 5.75 Å². The van der Waals surface area contributed by atoms with Gasteiger partial charge < -0.3 is 14.6 Å². The number of nitro benzene ring substituents is 1. The van der Waals surface area contributed by atoms with Crippen LogP contribution in [0.1, 0.15) is 30.1 Å². The number of fused-ring (bicyclic) bond motifs is 1. The third-order valence-electron chi connectivity index (χ3n) is 5.83. The fraction of sp³-hybridized carbons (Fsp3) is 0.148. The summed E-state index contributed by atoms with van der Waals surface area (Å²) in [6.45, 7) is 1.81. The maximum absolute atomic E-state index is 13.4. The number of amides is 1. The first-order valence-electron chi connectivity index (χ1n) is 11.5. The molecule has 194 valence electrons. The fourth-order valence-electron chi connectivity index (χ4n) is 4.00. The smallest absolute Gasteiger partial charge is 0.311 e. The number of non-ortho nitro benzene ring substituents is 1. The Kier molecular flexibility index (Phi) is 7.80. The maximum Gasteiger partial charge on any atom is 0.311 e. The van der Waals surface area contributed by atoms with Crippen LogP contribution in [0.25, 0.3) is 22.0 Å². The van der Waals surface area contributed by atoms with Gasteiger partial charge in [0.05, 0.1) is 37.3 Å². The van der Waals surface area contributed by atoms with Crippen molar-refractivity contribution >= 4 is 57.4 Å². The molecule has 0 bridgehead atoms. The number of pyridine rings is 1. The molecule has 0 unspecified atom stereocenters. The standard InChI is InChI=1S/C27H21Cl2N3O6/c1-3-6-23(33)38-25-17(7-4-10-21(25)30-26(34)24-19(28)8-5-9-20(24)29)18-14-15-13-16(32(36)37)11-12-22(15)31(2)27(18)35/h4-5,7-14H,3,6H2,1-2H3,(H,30,34). The Morgan fingerprint density at radius 2 is 1.71 bits per heavy atom. The van der Waals surface area contributed by atoms with Crippen molar-refractivity contribution < 1.29 is 19.2 Å². The number of nitrogens with one attached hydrogen (secondary N) is 1. The van der Waals surface area contributed by atoms with E-state index in [1.165, 1.54) is 54.1 Å². The van der Waals surface area contributed by atoms with Crippen molar-refractivity contribution in [3.05, 3.63) is 96.7 Å². The summed E-state index contributed by atoms with van der Waals surface area (Å²) in [6.07, 6.45) is 0.610. The molecule has 9 nitrogen and oxygen atoms in total. The number of hydrogen-bond acceptors (Lipinski definition) is 6. The van der Waals surface area contributed by atoms with Crippen molar-refractivity contribution in [2.45, 2.75) is 19.8 Å². The molecule has 0 saturated heterocycles. The highest BCUT2D eigenvalue weighted by Crippen LogP contribution is 2.38. The number of halogens is 2. The molecule has 0 aliphatic carbocycles. The molecule has 0 aliphatic rings. The molecule has 0 aliphatic heterocycles. The molecule has 38 heavy (non-hydrogen) atoms. The van der Waals surface area contributed by atoms with E-state index >= 15 is 0 Å². The largest absolute Gasteiger partial charge is 0.424 e. The summed E-state index contributed by atoms with van der Waals surface area (Å²) in [5.74, 6) is -1.27. The number of carbonyl (C=O) groups excluding carboxylic acids is 2. The molecule has 1 aromatic heterocycles. The molecule has 1 amide bonds. The summed E-state index contributed by atoms with van der Waals surface area (Å²) >= 11 is 12.4. The van der Waals surface area contributed by atoms with Crippen LogP contribution in [0.15, 0.2) is 65.5 Å². The highest BCUT2D eigenvalue weighted by Gasteiger charge is 2.22. The van der Waals surface area contributed by atoms with E-state index in [9.17, 15) is 24.5 Å². The first-order valence-corrected chi connectivity index (χ1v) is 12.3. The molecule has 0 fully saturated rings. The number of benzene rings is 3. The zero-order valence-electron chi connectivity index (χ0n) is 20.3. The normalized spacial score (nSPS) is 10.8. The second-order valence-electron chi connectivity index (χ2n) is 8.38. The molecule has 0 saturated carbocycles. The minimum absolute atomic E-state index is 0.0287. The Morgan fingerprint density at radius 1 is 1.03 bits per heavy atom. The summed E-state index contributed by atoms with van der Waals surface area (Å²) in [7, 11) is 1.54. The van der Waals surface area contributed by atoms with Crippen molar-refractivity contribution in [3.63, 3.8) is 0 Å². The third kappa shape index (κ3) is 5.25. The van der Waals surface area contributed by atoms with Crippen molar-refractivity contribution in [1.82, 2.24) is 4.57 Å². The van der Waals surface area contributed by atoms with Gasteiger partial charge in [-0.25, -0.2) is 0 Å². The second kappa shape index (κ2) is 11.0. The van der Waals surface area contributed by atoms with E-state index in [-0.39, 0.29) is 50.3 Å². The molecule has 4 aromatic rings. The van der Waals surface area contributed by atoms with Crippen molar-refractivity contribution in [3.8, 4) is 16.9 Å². The SMILES string of the molecule is CCCC(=O)Oc1c(NC(=O)c2c(Cl)cccc2Cl)cccc1-c1cc2cc([N+](=O)[O-])ccc2n(C)c1=O. The molecular formula is C27H21Cl2N3O6. The molecule has 3 aromatic carbocycles.